The van der Waals surface area contributed by atoms with E-state index < -0.39 is 31.2 Å². The number of alkyl halides is 3. The van der Waals surface area contributed by atoms with Crippen LogP contribution in [0.1, 0.15) is 18.9 Å². The van der Waals surface area contributed by atoms with E-state index in [0.717, 1.165) is 5.56 Å². The first-order valence-electron chi connectivity index (χ1n) is 6.04. The van der Waals surface area contributed by atoms with Crippen molar-refractivity contribution in [1.29, 1.82) is 0 Å². The number of benzene rings is 1. The van der Waals surface area contributed by atoms with Gasteiger partial charge in [-0.2, -0.15) is 13.2 Å². The van der Waals surface area contributed by atoms with Gasteiger partial charge in [-0.25, -0.2) is 0 Å². The molecule has 0 aliphatic heterocycles. The molecule has 0 aromatic heterocycles. The summed E-state index contributed by atoms with van der Waals surface area (Å²) in [7, 11) is 0. The van der Waals surface area contributed by atoms with Crippen LogP contribution in [0.4, 0.5) is 24.5 Å². The summed E-state index contributed by atoms with van der Waals surface area (Å²) in [5.74, 6) is -0.500. The zero-order valence-corrected chi connectivity index (χ0v) is 11.3. The van der Waals surface area contributed by atoms with E-state index >= 15 is 0 Å². The molecule has 1 unspecified atom stereocenters. The van der Waals surface area contributed by atoms with Crippen molar-refractivity contribution in [2.24, 2.45) is 0 Å². The largest absolute Gasteiger partial charge is 0.399 e. The van der Waals surface area contributed by atoms with Gasteiger partial charge in [0, 0.05) is 11.4 Å². The first-order valence-corrected chi connectivity index (χ1v) is 6.04. The summed E-state index contributed by atoms with van der Waals surface area (Å²) in [6, 6.07) is 4.94. The topological polar surface area (TPSA) is 64.3 Å². The van der Waals surface area contributed by atoms with Crippen molar-refractivity contribution < 1.29 is 22.7 Å². The predicted octanol–water partition coefficient (Wildman–Crippen LogP) is 2.87. The van der Waals surface area contributed by atoms with Gasteiger partial charge < -0.3 is 15.8 Å². The Morgan fingerprint density at radius 2 is 2.10 bits per heavy atom. The van der Waals surface area contributed by atoms with E-state index in [9.17, 15) is 18.0 Å². The van der Waals surface area contributed by atoms with Crippen LogP contribution in [0.3, 0.4) is 0 Å². The first kappa shape index (κ1) is 16.3. The average Bonchev–Trinajstić information content (AvgIpc) is 2.30. The number of hydrogen-bond donors (Lipinski definition) is 2. The van der Waals surface area contributed by atoms with Gasteiger partial charge >= 0.3 is 6.18 Å². The van der Waals surface area contributed by atoms with Crippen LogP contribution >= 0.6 is 0 Å². The van der Waals surface area contributed by atoms with Crippen molar-refractivity contribution in [2.75, 3.05) is 17.7 Å². The monoisotopic (exact) mass is 290 g/mol. The molecule has 0 aliphatic carbocycles. The third-order valence-corrected chi connectivity index (χ3v) is 2.63. The second-order valence-electron chi connectivity index (χ2n) is 4.44. The van der Waals surface area contributed by atoms with Crippen LogP contribution in [0.2, 0.25) is 0 Å². The first-order chi connectivity index (χ1) is 9.19. The maximum atomic E-state index is 12.0. The highest BCUT2D eigenvalue weighted by atomic mass is 19.4. The Balaban J connectivity index is 2.49. The van der Waals surface area contributed by atoms with Gasteiger partial charge in [0.2, 0.25) is 0 Å². The van der Waals surface area contributed by atoms with Crippen LogP contribution < -0.4 is 11.1 Å². The van der Waals surface area contributed by atoms with Gasteiger partial charge in [0.15, 0.2) is 0 Å². The zero-order chi connectivity index (χ0) is 15.3. The molecule has 0 spiro atoms. The molecule has 1 atom stereocenters. The predicted molar refractivity (Wildman–Crippen MR) is 70.3 cm³/mol. The van der Waals surface area contributed by atoms with E-state index in [2.05, 4.69) is 5.32 Å². The lowest BCUT2D eigenvalue weighted by atomic mass is 10.1. The van der Waals surface area contributed by atoms with Gasteiger partial charge in [0.05, 0.1) is 13.0 Å². The molecule has 1 aromatic rings. The molecular formula is C13H17F3N2O2. The van der Waals surface area contributed by atoms with Gasteiger partial charge in [-0.1, -0.05) is 0 Å². The highest BCUT2D eigenvalue weighted by Gasteiger charge is 2.27. The summed E-state index contributed by atoms with van der Waals surface area (Å²) in [6.07, 6.45) is -6.33. The van der Waals surface area contributed by atoms with E-state index in [1.54, 1.807) is 25.1 Å². The summed E-state index contributed by atoms with van der Waals surface area (Å²) in [5, 5.41) is 2.58. The van der Waals surface area contributed by atoms with Crippen molar-refractivity contribution in [3.05, 3.63) is 23.8 Å². The van der Waals surface area contributed by atoms with Gasteiger partial charge in [-0.05, 0) is 37.6 Å². The number of nitrogens with two attached hydrogens (primary N) is 1. The van der Waals surface area contributed by atoms with Crippen LogP contribution in [0, 0.1) is 6.92 Å². The summed E-state index contributed by atoms with van der Waals surface area (Å²) >= 11 is 0. The number of hydrogen-bond acceptors (Lipinski definition) is 3. The lowest BCUT2D eigenvalue weighted by molar-refractivity contribution is -0.152. The molecule has 7 heteroatoms. The molecule has 0 radical (unpaired) electrons. The minimum Gasteiger partial charge on any atom is -0.399 e. The van der Waals surface area contributed by atoms with Crippen LogP contribution in [0.25, 0.3) is 0 Å². The van der Waals surface area contributed by atoms with Gasteiger partial charge in [-0.3, -0.25) is 4.79 Å². The Morgan fingerprint density at radius 3 is 2.65 bits per heavy atom. The number of rotatable bonds is 5. The van der Waals surface area contributed by atoms with Crippen molar-refractivity contribution >= 4 is 17.3 Å². The molecule has 0 heterocycles. The number of amides is 1. The van der Waals surface area contributed by atoms with Gasteiger partial charge in [0.1, 0.15) is 6.10 Å². The van der Waals surface area contributed by atoms with Crippen LogP contribution in [-0.4, -0.2) is 24.8 Å². The van der Waals surface area contributed by atoms with E-state index in [4.69, 9.17) is 10.5 Å². The second-order valence-corrected chi connectivity index (χ2v) is 4.44. The number of nitrogen functional groups attached to an aromatic ring is 1. The molecule has 1 aromatic carbocycles. The number of halogens is 3. The average molecular weight is 290 g/mol. The highest BCUT2D eigenvalue weighted by molar-refractivity contribution is 5.94. The third kappa shape index (κ3) is 5.48. The third-order valence-electron chi connectivity index (χ3n) is 2.63. The molecular weight excluding hydrogens is 273 g/mol. The van der Waals surface area contributed by atoms with Crippen LogP contribution in [0.5, 0.6) is 0 Å². The molecule has 0 fully saturated rings. The second kappa shape index (κ2) is 6.60. The Bertz CT molecular complexity index is 475. The molecule has 3 N–H and O–H groups in total. The van der Waals surface area contributed by atoms with Gasteiger partial charge in [-0.15, -0.1) is 0 Å². The lowest BCUT2D eigenvalue weighted by Crippen LogP contribution is -2.29. The molecule has 0 saturated heterocycles. The summed E-state index contributed by atoms with van der Waals surface area (Å²) in [4.78, 5) is 11.8. The SMILES string of the molecule is Cc1cc(N)ccc1NC(=O)C(C)OCCC(F)(F)F. The number of anilines is 2. The van der Waals surface area contributed by atoms with Crippen molar-refractivity contribution in [1.82, 2.24) is 0 Å². The Kier molecular flexibility index (Phi) is 5.38. The maximum Gasteiger partial charge on any atom is 0.391 e. The molecule has 1 rings (SSSR count). The van der Waals surface area contributed by atoms with E-state index in [-0.39, 0.29) is 0 Å². The molecule has 0 saturated carbocycles. The molecule has 1 amide bonds. The molecule has 20 heavy (non-hydrogen) atoms. The van der Waals surface area contributed by atoms with E-state index in [0.29, 0.717) is 11.4 Å². The van der Waals surface area contributed by atoms with Crippen molar-refractivity contribution in [2.45, 2.75) is 32.5 Å². The van der Waals surface area contributed by atoms with E-state index in [1.807, 2.05) is 0 Å². The Hall–Kier alpha value is -1.76. The summed E-state index contributed by atoms with van der Waals surface area (Å²) < 4.78 is 40.7. The van der Waals surface area contributed by atoms with Crippen molar-refractivity contribution in [3.63, 3.8) is 0 Å². The van der Waals surface area contributed by atoms with Gasteiger partial charge in [0.25, 0.3) is 5.91 Å². The molecule has 0 bridgehead atoms. The number of carbonyl (C=O) groups is 1. The minimum absolute atomic E-state index is 0.500. The normalized spacial score (nSPS) is 13.1. The fourth-order valence-corrected chi connectivity index (χ4v) is 1.49. The quantitative estimate of drug-likeness (QED) is 0.820. The number of ether oxygens (including phenoxy) is 1. The number of nitrogens with one attached hydrogen (secondary N) is 1. The maximum absolute atomic E-state index is 12.0. The Morgan fingerprint density at radius 1 is 1.45 bits per heavy atom. The molecule has 4 nitrogen and oxygen atoms in total. The molecule has 112 valence electrons. The number of aryl methyl sites for hydroxylation is 1. The molecule has 0 aliphatic rings. The fraction of sp³-hybridized carbons (Fsp3) is 0.462. The zero-order valence-electron chi connectivity index (χ0n) is 11.3. The number of carbonyl (C=O) groups excluding carboxylic acids is 1. The smallest absolute Gasteiger partial charge is 0.391 e. The van der Waals surface area contributed by atoms with Crippen LogP contribution in [-0.2, 0) is 9.53 Å². The van der Waals surface area contributed by atoms with Crippen LogP contribution in [0.15, 0.2) is 18.2 Å². The minimum atomic E-state index is -4.29. The van der Waals surface area contributed by atoms with E-state index in [1.165, 1.54) is 6.92 Å². The summed E-state index contributed by atoms with van der Waals surface area (Å²) in [5.41, 5.74) is 7.46. The Labute approximate surface area is 115 Å². The standard InChI is InChI=1S/C13H17F3N2O2/c1-8-7-10(17)3-4-11(8)18-12(19)9(2)20-6-5-13(14,15)16/h3-4,7,9H,5-6,17H2,1-2H3,(H,18,19). The summed E-state index contributed by atoms with van der Waals surface area (Å²) in [6.45, 7) is 2.62. The lowest BCUT2D eigenvalue weighted by Gasteiger charge is -2.15. The van der Waals surface area contributed by atoms with Crippen molar-refractivity contribution in [3.8, 4) is 0 Å². The highest BCUT2D eigenvalue weighted by Crippen LogP contribution is 2.20. The fourth-order valence-electron chi connectivity index (χ4n) is 1.49.